The van der Waals surface area contributed by atoms with Gasteiger partial charge in [0.1, 0.15) is 11.6 Å². The summed E-state index contributed by atoms with van der Waals surface area (Å²) in [6.07, 6.45) is 2.77. The van der Waals surface area contributed by atoms with Crippen molar-refractivity contribution >= 4 is 23.2 Å². The number of morpholine rings is 1. The Balaban J connectivity index is 1.43. The van der Waals surface area contributed by atoms with Gasteiger partial charge in [0, 0.05) is 42.0 Å². The van der Waals surface area contributed by atoms with Crippen molar-refractivity contribution in [2.24, 2.45) is 0 Å². The number of nitrogens with one attached hydrogen (secondary N) is 1. The summed E-state index contributed by atoms with van der Waals surface area (Å²) >= 11 is 0. The molecule has 5 rings (SSSR count). The quantitative estimate of drug-likeness (QED) is 0.435. The van der Waals surface area contributed by atoms with Crippen LogP contribution in [0.15, 0.2) is 48.5 Å². The van der Waals surface area contributed by atoms with Gasteiger partial charge in [0.15, 0.2) is 0 Å². The van der Waals surface area contributed by atoms with Crippen LogP contribution in [0.1, 0.15) is 23.1 Å². The number of hydrogen-bond donors (Lipinski definition) is 1. The molecule has 4 aliphatic rings. The lowest BCUT2D eigenvalue weighted by Gasteiger charge is -2.26. The van der Waals surface area contributed by atoms with Crippen LogP contribution >= 0.6 is 0 Å². The SMILES string of the molecule is Cc1cc(/C=C2/C(=O)Nc3ccc(F)cc32)c2c(OCCCN3CCOCC3)ccccc1-2. The minimum absolute atomic E-state index is 0.226. The zero-order chi connectivity index (χ0) is 22.8. The summed E-state index contributed by atoms with van der Waals surface area (Å²) < 4.78 is 25.6. The van der Waals surface area contributed by atoms with Gasteiger partial charge in [0.05, 0.1) is 19.8 Å². The number of halogens is 1. The summed E-state index contributed by atoms with van der Waals surface area (Å²) in [6, 6.07) is 14.4. The molecule has 0 radical (unpaired) electrons. The van der Waals surface area contributed by atoms with Gasteiger partial charge in [0.25, 0.3) is 5.91 Å². The van der Waals surface area contributed by atoms with Gasteiger partial charge in [0.2, 0.25) is 0 Å². The number of carbonyl (C=O) groups excluding carboxylic acids is 1. The van der Waals surface area contributed by atoms with Crippen LogP contribution < -0.4 is 10.1 Å². The molecule has 1 N–H and O–H groups in total. The molecule has 2 heterocycles. The Morgan fingerprint density at radius 3 is 2.79 bits per heavy atom. The minimum Gasteiger partial charge on any atom is -0.493 e. The Morgan fingerprint density at radius 1 is 1.12 bits per heavy atom. The molecular weight excluding hydrogens is 419 g/mol. The van der Waals surface area contributed by atoms with E-state index in [-0.39, 0.29) is 11.7 Å². The van der Waals surface area contributed by atoms with Crippen LogP contribution in [0.4, 0.5) is 10.1 Å². The molecule has 2 aliphatic carbocycles. The average Bonchev–Trinajstić information content (AvgIpc) is 3.18. The Morgan fingerprint density at radius 2 is 1.94 bits per heavy atom. The van der Waals surface area contributed by atoms with Crippen molar-refractivity contribution in [3.05, 3.63) is 71.0 Å². The molecule has 2 aliphatic heterocycles. The molecule has 170 valence electrons. The first-order valence-electron chi connectivity index (χ1n) is 11.4. The van der Waals surface area contributed by atoms with E-state index in [1.807, 2.05) is 24.3 Å². The van der Waals surface area contributed by atoms with Crippen LogP contribution in [0.2, 0.25) is 0 Å². The first kappa shape index (κ1) is 21.6. The van der Waals surface area contributed by atoms with Gasteiger partial charge >= 0.3 is 0 Å². The lowest BCUT2D eigenvalue weighted by Crippen LogP contribution is -2.37. The predicted molar refractivity (Wildman–Crippen MR) is 128 cm³/mol. The molecule has 0 atom stereocenters. The molecule has 0 unspecified atom stereocenters. The Bertz CT molecular complexity index is 1180. The van der Waals surface area contributed by atoms with Crippen LogP contribution in [0, 0.1) is 12.7 Å². The highest BCUT2D eigenvalue weighted by molar-refractivity contribution is 6.35. The number of nitrogens with zero attached hydrogens (tertiary/aromatic N) is 1. The van der Waals surface area contributed by atoms with Gasteiger partial charge in [-0.05, 0) is 60.4 Å². The van der Waals surface area contributed by atoms with E-state index in [9.17, 15) is 9.18 Å². The van der Waals surface area contributed by atoms with E-state index in [4.69, 9.17) is 9.47 Å². The van der Waals surface area contributed by atoms with E-state index < -0.39 is 0 Å². The van der Waals surface area contributed by atoms with Crippen molar-refractivity contribution in [1.29, 1.82) is 0 Å². The average molecular weight is 447 g/mol. The number of amides is 1. The van der Waals surface area contributed by atoms with E-state index >= 15 is 0 Å². The first-order valence-corrected chi connectivity index (χ1v) is 11.4. The van der Waals surface area contributed by atoms with Crippen molar-refractivity contribution in [2.45, 2.75) is 13.3 Å². The summed E-state index contributed by atoms with van der Waals surface area (Å²) in [6.45, 7) is 7.15. The van der Waals surface area contributed by atoms with E-state index in [1.54, 1.807) is 6.07 Å². The topological polar surface area (TPSA) is 50.8 Å². The molecule has 0 spiro atoms. The smallest absolute Gasteiger partial charge is 0.256 e. The Labute approximate surface area is 193 Å². The number of fused-ring (bicyclic) bond motifs is 2. The van der Waals surface area contributed by atoms with E-state index in [0.29, 0.717) is 23.4 Å². The van der Waals surface area contributed by atoms with Gasteiger partial charge < -0.3 is 14.8 Å². The highest BCUT2D eigenvalue weighted by Crippen LogP contribution is 2.42. The lowest BCUT2D eigenvalue weighted by atomic mass is 10.0. The molecule has 0 bridgehead atoms. The van der Waals surface area contributed by atoms with Crippen LogP contribution in [-0.2, 0) is 9.53 Å². The van der Waals surface area contributed by atoms with Crippen LogP contribution in [0.3, 0.4) is 0 Å². The zero-order valence-electron chi connectivity index (χ0n) is 18.7. The van der Waals surface area contributed by atoms with Crippen molar-refractivity contribution in [3.63, 3.8) is 0 Å². The van der Waals surface area contributed by atoms with Crippen LogP contribution in [0.5, 0.6) is 5.75 Å². The molecule has 5 nitrogen and oxygen atoms in total. The summed E-state index contributed by atoms with van der Waals surface area (Å²) in [5.41, 5.74) is 5.71. The zero-order valence-corrected chi connectivity index (χ0v) is 18.7. The second-order valence-corrected chi connectivity index (χ2v) is 8.51. The monoisotopic (exact) mass is 446 g/mol. The largest absolute Gasteiger partial charge is 0.493 e. The maximum Gasteiger partial charge on any atom is 0.256 e. The maximum atomic E-state index is 13.9. The van der Waals surface area contributed by atoms with E-state index in [1.165, 1.54) is 12.1 Å². The van der Waals surface area contributed by atoms with Gasteiger partial charge in [-0.25, -0.2) is 4.39 Å². The lowest BCUT2D eigenvalue weighted by molar-refractivity contribution is -0.110. The molecule has 6 heteroatoms. The van der Waals surface area contributed by atoms with Gasteiger partial charge in [-0.2, -0.15) is 0 Å². The van der Waals surface area contributed by atoms with Crippen molar-refractivity contribution in [3.8, 4) is 16.9 Å². The van der Waals surface area contributed by atoms with E-state index in [0.717, 1.165) is 67.3 Å². The van der Waals surface area contributed by atoms with Gasteiger partial charge in [-0.15, -0.1) is 0 Å². The van der Waals surface area contributed by atoms with Gasteiger partial charge in [-0.3, -0.25) is 9.69 Å². The minimum atomic E-state index is -0.365. The highest BCUT2D eigenvalue weighted by Gasteiger charge is 2.26. The van der Waals surface area contributed by atoms with Gasteiger partial charge in [-0.1, -0.05) is 24.3 Å². The fourth-order valence-electron chi connectivity index (χ4n) is 4.59. The maximum absolute atomic E-state index is 13.9. The third-order valence-corrected chi connectivity index (χ3v) is 6.27. The summed E-state index contributed by atoms with van der Waals surface area (Å²) in [5, 5.41) is 2.82. The number of hydrogen-bond acceptors (Lipinski definition) is 4. The number of aryl methyl sites for hydroxylation is 1. The molecule has 33 heavy (non-hydrogen) atoms. The first-order chi connectivity index (χ1) is 16.1. The normalized spacial score (nSPS) is 17.4. The number of carbonyl (C=O) groups is 1. The standard InChI is InChI=1S/C27H27FN2O3/c1-18-15-19(16-23-22-17-20(28)7-8-24(22)29-27(23)31)26-21(18)5-2-3-6-25(26)33-12-4-9-30-10-13-32-14-11-30/h2-3,5-8,15-17H,4,9-14H2,1H3,(H,29,31)/b23-16+. The fourth-order valence-corrected chi connectivity index (χ4v) is 4.59. The van der Waals surface area contributed by atoms with Crippen molar-refractivity contribution in [2.75, 3.05) is 44.8 Å². The number of rotatable bonds is 6. The molecule has 1 amide bonds. The third kappa shape index (κ3) is 4.49. The second-order valence-electron chi connectivity index (χ2n) is 8.51. The fraction of sp³-hybridized carbons (Fsp3) is 0.296. The molecule has 0 saturated carbocycles. The number of benzene rings is 1. The summed E-state index contributed by atoms with van der Waals surface area (Å²) in [7, 11) is 0. The summed E-state index contributed by atoms with van der Waals surface area (Å²) in [5.74, 6) is 0.195. The molecule has 1 saturated heterocycles. The molecular formula is C27H27FN2O3. The Kier molecular flexibility index (Phi) is 6.11. The molecule has 0 aromatic heterocycles. The molecule has 1 aromatic carbocycles. The van der Waals surface area contributed by atoms with Crippen LogP contribution in [-0.4, -0.2) is 50.3 Å². The Hall–Kier alpha value is -3.22. The highest BCUT2D eigenvalue weighted by atomic mass is 19.1. The number of ether oxygens (including phenoxy) is 2. The molecule has 1 fully saturated rings. The summed E-state index contributed by atoms with van der Waals surface area (Å²) in [4.78, 5) is 15.0. The second kappa shape index (κ2) is 9.33. The number of anilines is 1. The molecule has 1 aromatic rings. The predicted octanol–water partition coefficient (Wildman–Crippen LogP) is 4.83. The van der Waals surface area contributed by atoms with Crippen LogP contribution in [0.25, 0.3) is 22.8 Å². The van der Waals surface area contributed by atoms with E-state index in [2.05, 4.69) is 29.3 Å². The third-order valence-electron chi connectivity index (χ3n) is 6.27. The van der Waals surface area contributed by atoms with Crippen molar-refractivity contribution in [1.82, 2.24) is 4.90 Å². The van der Waals surface area contributed by atoms with Crippen molar-refractivity contribution < 1.29 is 18.7 Å².